The van der Waals surface area contributed by atoms with E-state index in [0.29, 0.717) is 12.0 Å². The van der Waals surface area contributed by atoms with Crippen molar-refractivity contribution in [2.75, 3.05) is 13.7 Å². The van der Waals surface area contributed by atoms with Gasteiger partial charge in [0.05, 0.1) is 0 Å². The lowest BCUT2D eigenvalue weighted by molar-refractivity contribution is 0.0104. The first-order chi connectivity index (χ1) is 7.22. The van der Waals surface area contributed by atoms with E-state index in [9.17, 15) is 0 Å². The standard InChI is InChI=1S/C12H23NO2/c1-4-5-9(2)12-11(13-3)7-6-10(8-14)15-12/h6,9,11-14H,4-5,7-8H2,1-3H3. The van der Waals surface area contributed by atoms with Crippen LogP contribution < -0.4 is 5.32 Å². The molecule has 1 heterocycles. The van der Waals surface area contributed by atoms with Crippen molar-refractivity contribution >= 4 is 0 Å². The summed E-state index contributed by atoms with van der Waals surface area (Å²) in [4.78, 5) is 0. The van der Waals surface area contributed by atoms with E-state index in [4.69, 9.17) is 9.84 Å². The molecule has 0 aromatic rings. The van der Waals surface area contributed by atoms with Gasteiger partial charge in [-0.2, -0.15) is 0 Å². The minimum atomic E-state index is 0.0196. The molecule has 0 bridgehead atoms. The van der Waals surface area contributed by atoms with Gasteiger partial charge in [-0.3, -0.25) is 0 Å². The van der Waals surface area contributed by atoms with E-state index in [-0.39, 0.29) is 12.7 Å². The molecule has 1 aliphatic heterocycles. The predicted octanol–water partition coefficient (Wildman–Crippen LogP) is 1.68. The van der Waals surface area contributed by atoms with Crippen molar-refractivity contribution in [1.82, 2.24) is 5.32 Å². The van der Waals surface area contributed by atoms with E-state index < -0.39 is 0 Å². The summed E-state index contributed by atoms with van der Waals surface area (Å²) in [5, 5.41) is 12.4. The van der Waals surface area contributed by atoms with Crippen LogP contribution in [0.4, 0.5) is 0 Å². The van der Waals surface area contributed by atoms with Crippen LogP contribution in [0.3, 0.4) is 0 Å². The highest BCUT2D eigenvalue weighted by atomic mass is 16.5. The molecular weight excluding hydrogens is 190 g/mol. The molecule has 0 spiro atoms. The van der Waals surface area contributed by atoms with Gasteiger partial charge in [0, 0.05) is 6.04 Å². The third-order valence-electron chi connectivity index (χ3n) is 3.11. The Kier molecular flexibility index (Phi) is 5.12. The molecular formula is C12H23NO2. The average Bonchev–Trinajstić information content (AvgIpc) is 2.28. The fourth-order valence-electron chi connectivity index (χ4n) is 2.21. The number of rotatable bonds is 5. The van der Waals surface area contributed by atoms with Crippen molar-refractivity contribution in [3.8, 4) is 0 Å². The third-order valence-corrected chi connectivity index (χ3v) is 3.11. The van der Waals surface area contributed by atoms with Crippen molar-refractivity contribution in [1.29, 1.82) is 0 Å². The molecule has 0 radical (unpaired) electrons. The minimum absolute atomic E-state index is 0.0196. The van der Waals surface area contributed by atoms with Crippen LogP contribution in [0.15, 0.2) is 11.8 Å². The van der Waals surface area contributed by atoms with Crippen LogP contribution in [0.1, 0.15) is 33.1 Å². The minimum Gasteiger partial charge on any atom is -0.491 e. The van der Waals surface area contributed by atoms with E-state index in [1.807, 2.05) is 13.1 Å². The monoisotopic (exact) mass is 213 g/mol. The molecule has 1 aliphatic rings. The lowest BCUT2D eigenvalue weighted by atomic mass is 9.90. The number of nitrogens with one attached hydrogen (secondary N) is 1. The van der Waals surface area contributed by atoms with Crippen molar-refractivity contribution in [2.24, 2.45) is 5.92 Å². The molecule has 0 amide bonds. The third kappa shape index (κ3) is 3.21. The Hall–Kier alpha value is -0.540. The number of aliphatic hydroxyl groups excluding tert-OH is 1. The highest BCUT2D eigenvalue weighted by Gasteiger charge is 2.30. The summed E-state index contributed by atoms with van der Waals surface area (Å²) in [5.74, 6) is 1.26. The summed E-state index contributed by atoms with van der Waals surface area (Å²) in [6.45, 7) is 4.43. The largest absolute Gasteiger partial charge is 0.491 e. The second-order valence-electron chi connectivity index (χ2n) is 4.31. The van der Waals surface area contributed by atoms with Crippen molar-refractivity contribution in [2.45, 2.75) is 45.3 Å². The van der Waals surface area contributed by atoms with Crippen molar-refractivity contribution in [3.63, 3.8) is 0 Å². The fraction of sp³-hybridized carbons (Fsp3) is 0.833. The van der Waals surface area contributed by atoms with E-state index in [1.165, 1.54) is 12.8 Å². The van der Waals surface area contributed by atoms with Gasteiger partial charge in [-0.25, -0.2) is 0 Å². The van der Waals surface area contributed by atoms with Gasteiger partial charge in [0.1, 0.15) is 18.5 Å². The number of aliphatic hydroxyl groups is 1. The highest BCUT2D eigenvalue weighted by Crippen LogP contribution is 2.25. The molecule has 3 nitrogen and oxygen atoms in total. The lowest BCUT2D eigenvalue weighted by Gasteiger charge is -2.35. The molecule has 0 aliphatic carbocycles. The maximum Gasteiger partial charge on any atom is 0.118 e. The number of likely N-dealkylation sites (N-methyl/N-ethyl adjacent to an activating group) is 1. The van der Waals surface area contributed by atoms with Gasteiger partial charge in [-0.05, 0) is 31.9 Å². The Labute approximate surface area is 92.5 Å². The zero-order chi connectivity index (χ0) is 11.3. The van der Waals surface area contributed by atoms with Gasteiger partial charge in [0.15, 0.2) is 0 Å². The summed E-state index contributed by atoms with van der Waals surface area (Å²) in [6.07, 6.45) is 5.47. The number of ether oxygens (including phenoxy) is 1. The molecule has 0 saturated carbocycles. The topological polar surface area (TPSA) is 41.5 Å². The zero-order valence-corrected chi connectivity index (χ0v) is 9.99. The quantitative estimate of drug-likeness (QED) is 0.730. The van der Waals surface area contributed by atoms with Crippen molar-refractivity contribution in [3.05, 3.63) is 11.8 Å². The Morgan fingerprint density at radius 2 is 2.40 bits per heavy atom. The average molecular weight is 213 g/mol. The van der Waals surface area contributed by atoms with Gasteiger partial charge >= 0.3 is 0 Å². The molecule has 1 rings (SSSR count). The maximum atomic E-state index is 9.07. The van der Waals surface area contributed by atoms with Crippen LogP contribution >= 0.6 is 0 Å². The molecule has 0 fully saturated rings. The SMILES string of the molecule is CCCC(C)C1OC(CO)=CCC1NC. The van der Waals surface area contributed by atoms with Crippen LogP contribution in [0.5, 0.6) is 0 Å². The van der Waals surface area contributed by atoms with Crippen LogP contribution in [0, 0.1) is 5.92 Å². The highest BCUT2D eigenvalue weighted by molar-refractivity contribution is 5.03. The predicted molar refractivity (Wildman–Crippen MR) is 61.6 cm³/mol. The van der Waals surface area contributed by atoms with E-state index >= 15 is 0 Å². The smallest absolute Gasteiger partial charge is 0.118 e. The Balaban J connectivity index is 2.62. The molecule has 3 heteroatoms. The van der Waals surface area contributed by atoms with E-state index in [2.05, 4.69) is 19.2 Å². The van der Waals surface area contributed by atoms with Crippen molar-refractivity contribution < 1.29 is 9.84 Å². The molecule has 0 aromatic carbocycles. The van der Waals surface area contributed by atoms with E-state index in [1.54, 1.807) is 0 Å². The van der Waals surface area contributed by atoms with E-state index in [0.717, 1.165) is 12.2 Å². The summed E-state index contributed by atoms with van der Waals surface area (Å²) in [7, 11) is 1.97. The Bertz CT molecular complexity index is 216. The normalized spacial score (nSPS) is 28.1. The molecule has 2 N–H and O–H groups in total. The molecule has 88 valence electrons. The molecule has 0 saturated heterocycles. The van der Waals surface area contributed by atoms with Crippen LogP contribution in [-0.2, 0) is 4.74 Å². The molecule has 0 aromatic heterocycles. The Morgan fingerprint density at radius 1 is 1.67 bits per heavy atom. The van der Waals surface area contributed by atoms with Gasteiger partial charge in [-0.15, -0.1) is 0 Å². The van der Waals surface area contributed by atoms with Crippen LogP contribution in [0.2, 0.25) is 0 Å². The zero-order valence-electron chi connectivity index (χ0n) is 9.99. The first-order valence-electron chi connectivity index (χ1n) is 5.86. The summed E-state index contributed by atoms with van der Waals surface area (Å²) in [5.41, 5.74) is 0. The summed E-state index contributed by atoms with van der Waals surface area (Å²) < 4.78 is 5.80. The first-order valence-corrected chi connectivity index (χ1v) is 5.86. The van der Waals surface area contributed by atoms with Crippen LogP contribution in [-0.4, -0.2) is 30.9 Å². The lowest BCUT2D eigenvalue weighted by Crippen LogP contribution is -2.45. The van der Waals surface area contributed by atoms with Gasteiger partial charge in [0.2, 0.25) is 0 Å². The molecule has 15 heavy (non-hydrogen) atoms. The number of hydrogen-bond donors (Lipinski definition) is 2. The van der Waals surface area contributed by atoms with Crippen LogP contribution in [0.25, 0.3) is 0 Å². The maximum absolute atomic E-state index is 9.07. The van der Waals surface area contributed by atoms with Gasteiger partial charge in [0.25, 0.3) is 0 Å². The summed E-state index contributed by atoms with van der Waals surface area (Å²) >= 11 is 0. The first kappa shape index (κ1) is 12.5. The molecule has 3 atom stereocenters. The fourth-order valence-corrected chi connectivity index (χ4v) is 2.21. The second-order valence-corrected chi connectivity index (χ2v) is 4.31. The second kappa shape index (κ2) is 6.13. The number of hydrogen-bond acceptors (Lipinski definition) is 3. The Morgan fingerprint density at radius 3 is 2.93 bits per heavy atom. The van der Waals surface area contributed by atoms with Gasteiger partial charge in [-0.1, -0.05) is 20.3 Å². The summed E-state index contributed by atoms with van der Waals surface area (Å²) in [6, 6.07) is 0.377. The van der Waals surface area contributed by atoms with Gasteiger partial charge < -0.3 is 15.2 Å². The molecule has 3 unspecified atom stereocenters.